The van der Waals surface area contributed by atoms with Crippen LogP contribution in [0.4, 0.5) is 0 Å². The fourth-order valence-corrected chi connectivity index (χ4v) is 3.17. The minimum atomic E-state index is -0.326. The lowest BCUT2D eigenvalue weighted by Crippen LogP contribution is -2.51. The van der Waals surface area contributed by atoms with E-state index in [4.69, 9.17) is 10.5 Å². The van der Waals surface area contributed by atoms with Crippen LogP contribution in [0.1, 0.15) is 52.0 Å². The highest BCUT2D eigenvalue weighted by molar-refractivity contribution is 5.86. The van der Waals surface area contributed by atoms with Gasteiger partial charge in [-0.25, -0.2) is 0 Å². The SMILES string of the molecule is CCCC[C@H](N)CN[C@H](CN[C@H](C(=O)OC)[C@@H](C)CC)Cc1ccc(O)cc1.Cl.Cl.Cl. The summed E-state index contributed by atoms with van der Waals surface area (Å²) in [5, 5.41) is 16.5. The lowest BCUT2D eigenvalue weighted by Gasteiger charge is -2.27. The van der Waals surface area contributed by atoms with Gasteiger partial charge in [-0.2, -0.15) is 0 Å². The summed E-state index contributed by atoms with van der Waals surface area (Å²) in [4.78, 5) is 12.2. The van der Waals surface area contributed by atoms with Crippen LogP contribution >= 0.6 is 37.2 Å². The fourth-order valence-electron chi connectivity index (χ4n) is 3.17. The van der Waals surface area contributed by atoms with E-state index in [9.17, 15) is 9.90 Å². The zero-order valence-corrected chi connectivity index (χ0v) is 21.6. The largest absolute Gasteiger partial charge is 0.508 e. The maximum atomic E-state index is 12.2. The normalized spacial score (nSPS) is 14.1. The number of nitrogens with one attached hydrogen (secondary N) is 2. The molecular weight excluding hydrogens is 461 g/mol. The minimum Gasteiger partial charge on any atom is -0.508 e. The van der Waals surface area contributed by atoms with E-state index in [0.717, 1.165) is 44.2 Å². The summed E-state index contributed by atoms with van der Waals surface area (Å²) in [6.07, 6.45) is 4.94. The van der Waals surface area contributed by atoms with Crippen LogP contribution < -0.4 is 16.4 Å². The van der Waals surface area contributed by atoms with E-state index in [1.54, 1.807) is 12.1 Å². The van der Waals surface area contributed by atoms with Gasteiger partial charge in [-0.3, -0.25) is 4.79 Å². The van der Waals surface area contributed by atoms with E-state index < -0.39 is 0 Å². The van der Waals surface area contributed by atoms with Gasteiger partial charge < -0.3 is 26.2 Å². The molecule has 0 saturated heterocycles. The number of methoxy groups -OCH3 is 1. The molecular formula is C22H42Cl3N3O3. The third-order valence-electron chi connectivity index (χ3n) is 5.27. The van der Waals surface area contributed by atoms with Gasteiger partial charge in [0.15, 0.2) is 0 Å². The van der Waals surface area contributed by atoms with Crippen LogP contribution in [-0.4, -0.2) is 49.4 Å². The van der Waals surface area contributed by atoms with Gasteiger partial charge in [-0.05, 0) is 36.5 Å². The van der Waals surface area contributed by atoms with Crippen molar-refractivity contribution in [3.05, 3.63) is 29.8 Å². The summed E-state index contributed by atoms with van der Waals surface area (Å²) in [6, 6.07) is 7.16. The number of carbonyl (C=O) groups is 1. The first-order chi connectivity index (χ1) is 13.4. The molecule has 6 nitrogen and oxygen atoms in total. The Kier molecular flexibility index (Phi) is 22.4. The maximum absolute atomic E-state index is 12.2. The molecule has 4 atom stereocenters. The summed E-state index contributed by atoms with van der Waals surface area (Å²) >= 11 is 0. The average Bonchev–Trinajstić information content (AvgIpc) is 2.71. The third-order valence-corrected chi connectivity index (χ3v) is 5.27. The molecule has 0 radical (unpaired) electrons. The highest BCUT2D eigenvalue weighted by atomic mass is 35.5. The van der Waals surface area contributed by atoms with E-state index in [-0.39, 0.29) is 73.0 Å². The summed E-state index contributed by atoms with van der Waals surface area (Å²) in [6.45, 7) is 7.65. The van der Waals surface area contributed by atoms with Crippen molar-refractivity contribution in [2.75, 3.05) is 20.2 Å². The molecule has 0 aliphatic rings. The van der Waals surface area contributed by atoms with Crippen molar-refractivity contribution >= 4 is 43.2 Å². The number of unbranched alkanes of at least 4 members (excludes halogenated alkanes) is 1. The van der Waals surface area contributed by atoms with Crippen molar-refractivity contribution in [1.82, 2.24) is 10.6 Å². The zero-order valence-electron chi connectivity index (χ0n) is 19.1. The number of aromatic hydroxyl groups is 1. The van der Waals surface area contributed by atoms with Gasteiger partial charge in [0.2, 0.25) is 0 Å². The highest BCUT2D eigenvalue weighted by Crippen LogP contribution is 2.13. The molecule has 184 valence electrons. The van der Waals surface area contributed by atoms with E-state index in [1.165, 1.54) is 7.11 Å². The van der Waals surface area contributed by atoms with E-state index in [0.29, 0.717) is 6.54 Å². The number of esters is 1. The summed E-state index contributed by atoms with van der Waals surface area (Å²) in [5.41, 5.74) is 7.35. The second-order valence-electron chi connectivity index (χ2n) is 7.67. The number of halogens is 3. The number of carbonyl (C=O) groups excluding carboxylic acids is 1. The second kappa shape index (κ2) is 19.9. The van der Waals surface area contributed by atoms with Crippen molar-refractivity contribution in [3.63, 3.8) is 0 Å². The van der Waals surface area contributed by atoms with Crippen molar-refractivity contribution in [2.45, 2.75) is 71.0 Å². The van der Waals surface area contributed by atoms with Crippen molar-refractivity contribution in [1.29, 1.82) is 0 Å². The predicted octanol–water partition coefficient (Wildman–Crippen LogP) is 3.85. The molecule has 9 heteroatoms. The Labute approximate surface area is 206 Å². The van der Waals surface area contributed by atoms with Crippen LogP contribution in [0.3, 0.4) is 0 Å². The molecule has 31 heavy (non-hydrogen) atoms. The van der Waals surface area contributed by atoms with Crippen LogP contribution in [0.15, 0.2) is 24.3 Å². The number of phenols is 1. The molecule has 1 aromatic rings. The maximum Gasteiger partial charge on any atom is 0.323 e. The van der Waals surface area contributed by atoms with Crippen LogP contribution in [0, 0.1) is 5.92 Å². The average molecular weight is 503 g/mol. The number of benzene rings is 1. The fraction of sp³-hybridized carbons (Fsp3) is 0.682. The topological polar surface area (TPSA) is 96.6 Å². The Morgan fingerprint density at radius 2 is 1.71 bits per heavy atom. The Hall–Kier alpha value is -0.760. The summed E-state index contributed by atoms with van der Waals surface area (Å²) < 4.78 is 4.97. The third kappa shape index (κ3) is 14.1. The quantitative estimate of drug-likeness (QED) is 0.289. The van der Waals surface area contributed by atoms with Crippen LogP contribution in [0.5, 0.6) is 5.75 Å². The summed E-state index contributed by atoms with van der Waals surface area (Å²) in [7, 11) is 1.43. The number of ether oxygens (including phenoxy) is 1. The molecule has 0 amide bonds. The van der Waals surface area contributed by atoms with E-state index >= 15 is 0 Å². The molecule has 0 aliphatic heterocycles. The molecule has 0 spiro atoms. The van der Waals surface area contributed by atoms with Gasteiger partial charge >= 0.3 is 5.97 Å². The van der Waals surface area contributed by atoms with Crippen LogP contribution in [0.25, 0.3) is 0 Å². The van der Waals surface area contributed by atoms with Crippen molar-refractivity contribution in [2.24, 2.45) is 11.7 Å². The minimum absolute atomic E-state index is 0. The Balaban J connectivity index is -0.00000261. The van der Waals surface area contributed by atoms with Crippen molar-refractivity contribution in [3.8, 4) is 5.75 Å². The number of nitrogens with two attached hydrogens (primary N) is 1. The number of hydrogen-bond donors (Lipinski definition) is 4. The zero-order chi connectivity index (χ0) is 20.9. The molecule has 0 bridgehead atoms. The van der Waals surface area contributed by atoms with Gasteiger partial charge in [-0.1, -0.05) is 52.2 Å². The molecule has 0 aliphatic carbocycles. The van der Waals surface area contributed by atoms with Crippen molar-refractivity contribution < 1.29 is 14.6 Å². The molecule has 0 unspecified atom stereocenters. The van der Waals surface area contributed by atoms with Gasteiger partial charge in [0.25, 0.3) is 0 Å². The van der Waals surface area contributed by atoms with Gasteiger partial charge in [-0.15, -0.1) is 37.2 Å². The summed E-state index contributed by atoms with van der Waals surface area (Å²) in [5.74, 6) is 0.224. The number of rotatable bonds is 14. The first kappa shape index (κ1) is 34.8. The molecule has 0 fully saturated rings. The smallest absolute Gasteiger partial charge is 0.323 e. The Morgan fingerprint density at radius 3 is 2.23 bits per heavy atom. The first-order valence-electron chi connectivity index (χ1n) is 10.5. The Bertz CT molecular complexity index is 565. The van der Waals surface area contributed by atoms with Gasteiger partial charge in [0.1, 0.15) is 11.8 Å². The molecule has 1 aromatic carbocycles. The molecule has 1 rings (SSSR count). The Morgan fingerprint density at radius 1 is 1.10 bits per heavy atom. The number of phenolic OH excluding ortho intramolecular Hbond substituents is 1. The van der Waals surface area contributed by atoms with Crippen LogP contribution in [0.2, 0.25) is 0 Å². The van der Waals surface area contributed by atoms with Gasteiger partial charge in [0, 0.05) is 25.2 Å². The highest BCUT2D eigenvalue weighted by Gasteiger charge is 2.25. The van der Waals surface area contributed by atoms with Crippen LogP contribution in [-0.2, 0) is 16.0 Å². The van der Waals surface area contributed by atoms with E-state index in [2.05, 4.69) is 31.4 Å². The lowest BCUT2D eigenvalue weighted by atomic mass is 9.98. The predicted molar refractivity (Wildman–Crippen MR) is 136 cm³/mol. The number of hydrogen-bond acceptors (Lipinski definition) is 6. The monoisotopic (exact) mass is 501 g/mol. The molecule has 5 N–H and O–H groups in total. The molecule has 0 heterocycles. The standard InChI is InChI=1S/C22H39N3O3.3ClH/c1-5-7-8-18(23)14-24-19(13-17-9-11-20(26)12-10-17)15-25-21(16(3)6-2)22(27)28-4;;;/h9-12,16,18-19,21,24-26H,5-8,13-15,23H2,1-4H3;3*1H/t16-,18-,19-,21-;;;/m0.../s1. The van der Waals surface area contributed by atoms with Gasteiger partial charge in [0.05, 0.1) is 7.11 Å². The molecule has 0 aromatic heterocycles. The first-order valence-corrected chi connectivity index (χ1v) is 10.5. The second-order valence-corrected chi connectivity index (χ2v) is 7.67. The van der Waals surface area contributed by atoms with E-state index in [1.807, 2.05) is 12.1 Å². The molecule has 0 saturated carbocycles. The lowest BCUT2D eigenvalue weighted by molar-refractivity contribution is -0.144.